The van der Waals surface area contributed by atoms with Crippen LogP contribution in [0.2, 0.25) is 0 Å². The Bertz CT molecular complexity index is 1280. The summed E-state index contributed by atoms with van der Waals surface area (Å²) in [5.74, 6) is 0.00260. The van der Waals surface area contributed by atoms with Crippen molar-refractivity contribution in [3.8, 4) is 11.1 Å². The van der Waals surface area contributed by atoms with Crippen molar-refractivity contribution in [1.29, 1.82) is 0 Å². The van der Waals surface area contributed by atoms with Gasteiger partial charge in [0.25, 0.3) is 5.91 Å². The molecule has 1 N–H and O–H groups in total. The van der Waals surface area contributed by atoms with E-state index in [1.165, 1.54) is 17.2 Å². The van der Waals surface area contributed by atoms with Gasteiger partial charge in [-0.15, -0.1) is 0 Å². The number of amides is 2. The van der Waals surface area contributed by atoms with E-state index in [4.69, 9.17) is 0 Å². The molecule has 0 saturated carbocycles. The van der Waals surface area contributed by atoms with E-state index in [9.17, 15) is 14.0 Å². The largest absolute Gasteiger partial charge is 0.355 e. The average Bonchev–Trinajstić information content (AvgIpc) is 3.35. The highest BCUT2D eigenvalue weighted by molar-refractivity contribution is 5.87. The van der Waals surface area contributed by atoms with Crippen LogP contribution >= 0.6 is 0 Å². The third-order valence-corrected chi connectivity index (χ3v) is 7.28. The number of likely N-dealkylation sites (N-methyl/N-ethyl adjacent to an activating group) is 1. The van der Waals surface area contributed by atoms with Gasteiger partial charge in [-0.2, -0.15) is 0 Å². The molecular formula is C32H39FN4O2. The van der Waals surface area contributed by atoms with Crippen molar-refractivity contribution >= 4 is 17.5 Å². The van der Waals surface area contributed by atoms with Crippen molar-refractivity contribution in [3.05, 3.63) is 89.2 Å². The van der Waals surface area contributed by atoms with Gasteiger partial charge in [0.2, 0.25) is 5.91 Å². The van der Waals surface area contributed by atoms with Crippen LogP contribution in [0.5, 0.6) is 0 Å². The van der Waals surface area contributed by atoms with Gasteiger partial charge in [0.1, 0.15) is 5.82 Å². The molecule has 3 aromatic carbocycles. The highest BCUT2D eigenvalue weighted by Gasteiger charge is 2.27. The Hall–Kier alpha value is -3.71. The molecule has 0 saturated heterocycles. The van der Waals surface area contributed by atoms with E-state index in [1.54, 1.807) is 35.2 Å². The molecule has 0 aromatic heterocycles. The summed E-state index contributed by atoms with van der Waals surface area (Å²) in [4.78, 5) is 28.4. The molecule has 0 aliphatic carbocycles. The molecule has 0 fully saturated rings. The standard InChI is InChI=1S/C32H39FN4O2/c1-23(2)10-9-17-34-31(38)21-36(22-32(39)35(4)37-19-26-11-5-6-12-27(26)20-37)30-18-25(16-15-24(30)3)28-13-7-8-14-29(28)33/h5-8,11-16,18,23H,9-10,17,19-22H2,1-4H3,(H,34,38). The van der Waals surface area contributed by atoms with Crippen molar-refractivity contribution in [3.63, 3.8) is 0 Å². The number of halogens is 1. The van der Waals surface area contributed by atoms with Gasteiger partial charge < -0.3 is 10.2 Å². The average molecular weight is 531 g/mol. The number of carbonyl (C=O) groups is 2. The number of carbonyl (C=O) groups excluding carboxylic acids is 2. The first-order valence-corrected chi connectivity index (χ1v) is 13.7. The highest BCUT2D eigenvalue weighted by Crippen LogP contribution is 2.30. The molecule has 2 amide bonds. The van der Waals surface area contributed by atoms with E-state index in [2.05, 4.69) is 31.3 Å². The summed E-state index contributed by atoms with van der Waals surface area (Å²) in [5.41, 5.74) is 5.25. The van der Waals surface area contributed by atoms with Gasteiger partial charge in [-0.3, -0.25) is 14.6 Å². The van der Waals surface area contributed by atoms with Gasteiger partial charge in [0.05, 0.1) is 13.1 Å². The number of hydrogen-bond acceptors (Lipinski definition) is 4. The molecule has 6 nitrogen and oxygen atoms in total. The van der Waals surface area contributed by atoms with Gasteiger partial charge in [0.15, 0.2) is 0 Å². The first-order chi connectivity index (χ1) is 18.7. The lowest BCUT2D eigenvalue weighted by molar-refractivity contribution is -0.145. The Kier molecular flexibility index (Phi) is 9.36. The van der Waals surface area contributed by atoms with Crippen LogP contribution in [0, 0.1) is 18.7 Å². The Balaban J connectivity index is 1.54. The predicted octanol–water partition coefficient (Wildman–Crippen LogP) is 5.55. The first-order valence-electron chi connectivity index (χ1n) is 13.7. The van der Waals surface area contributed by atoms with E-state index in [1.807, 2.05) is 42.3 Å². The normalized spacial score (nSPS) is 12.9. The van der Waals surface area contributed by atoms with Crippen molar-refractivity contribution in [1.82, 2.24) is 15.3 Å². The zero-order valence-corrected chi connectivity index (χ0v) is 23.4. The van der Waals surface area contributed by atoms with E-state index in [0.29, 0.717) is 36.7 Å². The van der Waals surface area contributed by atoms with E-state index in [0.717, 1.165) is 24.1 Å². The fraction of sp³-hybridized carbons (Fsp3) is 0.375. The molecule has 0 atom stereocenters. The second kappa shape index (κ2) is 12.9. The second-order valence-corrected chi connectivity index (χ2v) is 10.7. The molecular weight excluding hydrogens is 491 g/mol. The Morgan fingerprint density at radius 1 is 0.974 bits per heavy atom. The third kappa shape index (κ3) is 7.24. The molecule has 39 heavy (non-hydrogen) atoms. The van der Waals surface area contributed by atoms with Crippen molar-refractivity contribution in [2.24, 2.45) is 5.92 Å². The molecule has 0 bridgehead atoms. The maximum atomic E-state index is 14.6. The fourth-order valence-corrected chi connectivity index (χ4v) is 4.96. The van der Waals surface area contributed by atoms with Crippen LogP contribution in [0.15, 0.2) is 66.7 Å². The maximum absolute atomic E-state index is 14.6. The minimum atomic E-state index is -0.314. The Morgan fingerprint density at radius 2 is 1.64 bits per heavy atom. The first kappa shape index (κ1) is 28.3. The van der Waals surface area contributed by atoms with Crippen LogP contribution in [-0.2, 0) is 22.7 Å². The summed E-state index contributed by atoms with van der Waals surface area (Å²) in [6.07, 6.45) is 1.94. The summed E-state index contributed by atoms with van der Waals surface area (Å²) >= 11 is 0. The van der Waals surface area contributed by atoms with Crippen LogP contribution in [0.25, 0.3) is 11.1 Å². The number of hydrogen-bond donors (Lipinski definition) is 1. The summed E-state index contributed by atoms with van der Waals surface area (Å²) < 4.78 is 14.6. The minimum Gasteiger partial charge on any atom is -0.355 e. The summed E-state index contributed by atoms with van der Waals surface area (Å²) in [6, 6.07) is 20.5. The molecule has 1 aliphatic heterocycles. The molecule has 3 aromatic rings. The lowest BCUT2D eigenvalue weighted by atomic mass is 10.0. The van der Waals surface area contributed by atoms with E-state index < -0.39 is 0 Å². The number of nitrogens with one attached hydrogen (secondary N) is 1. The van der Waals surface area contributed by atoms with E-state index in [-0.39, 0.29) is 30.7 Å². The molecule has 0 radical (unpaired) electrons. The van der Waals surface area contributed by atoms with Gasteiger partial charge in [0, 0.05) is 37.9 Å². The van der Waals surface area contributed by atoms with Crippen LogP contribution in [0.4, 0.5) is 10.1 Å². The smallest absolute Gasteiger partial charge is 0.256 e. The Morgan fingerprint density at radius 3 is 2.31 bits per heavy atom. The van der Waals surface area contributed by atoms with Gasteiger partial charge in [-0.05, 0) is 60.1 Å². The molecule has 1 heterocycles. The van der Waals surface area contributed by atoms with Crippen LogP contribution in [0.3, 0.4) is 0 Å². The van der Waals surface area contributed by atoms with Crippen LogP contribution < -0.4 is 10.2 Å². The third-order valence-electron chi connectivity index (χ3n) is 7.28. The van der Waals surface area contributed by atoms with Crippen LogP contribution in [0.1, 0.15) is 43.4 Å². The van der Waals surface area contributed by atoms with E-state index >= 15 is 0 Å². The minimum absolute atomic E-state index is 0.0182. The van der Waals surface area contributed by atoms with Crippen molar-refractivity contribution < 1.29 is 14.0 Å². The lowest BCUT2D eigenvalue weighted by Crippen LogP contribution is -2.48. The van der Waals surface area contributed by atoms with Gasteiger partial charge in [-0.25, -0.2) is 9.40 Å². The molecule has 1 aliphatic rings. The quantitative estimate of drug-likeness (QED) is 0.331. The molecule has 0 unspecified atom stereocenters. The maximum Gasteiger partial charge on any atom is 0.256 e. The molecule has 0 spiro atoms. The number of nitrogens with zero attached hydrogens (tertiary/aromatic N) is 3. The molecule has 206 valence electrons. The van der Waals surface area contributed by atoms with Crippen molar-refractivity contribution in [2.75, 3.05) is 31.6 Å². The fourth-order valence-electron chi connectivity index (χ4n) is 4.96. The zero-order valence-electron chi connectivity index (χ0n) is 23.4. The van der Waals surface area contributed by atoms with Gasteiger partial charge in [-0.1, -0.05) is 68.4 Å². The lowest BCUT2D eigenvalue weighted by Gasteiger charge is -2.32. The predicted molar refractivity (Wildman–Crippen MR) is 154 cm³/mol. The number of benzene rings is 3. The summed E-state index contributed by atoms with van der Waals surface area (Å²) in [7, 11) is 1.78. The number of fused-ring (bicyclic) bond motifs is 1. The number of aryl methyl sites for hydroxylation is 1. The molecule has 4 rings (SSSR count). The highest BCUT2D eigenvalue weighted by atomic mass is 19.1. The second-order valence-electron chi connectivity index (χ2n) is 10.7. The van der Waals surface area contributed by atoms with Gasteiger partial charge >= 0.3 is 0 Å². The topological polar surface area (TPSA) is 55.9 Å². The van der Waals surface area contributed by atoms with Crippen LogP contribution in [-0.4, -0.2) is 48.5 Å². The summed E-state index contributed by atoms with van der Waals surface area (Å²) in [6.45, 7) is 8.24. The number of hydrazine groups is 1. The number of rotatable bonds is 11. The molecule has 7 heteroatoms. The number of anilines is 1. The summed E-state index contributed by atoms with van der Waals surface area (Å²) in [5, 5.41) is 6.68. The Labute approximate surface area is 231 Å². The zero-order chi connectivity index (χ0) is 27.9. The van der Waals surface area contributed by atoms with Crippen molar-refractivity contribution in [2.45, 2.75) is 46.7 Å². The SMILES string of the molecule is Cc1ccc(-c2ccccc2F)cc1N(CC(=O)NCCCC(C)C)CC(=O)N(C)N1Cc2ccccc2C1. The monoisotopic (exact) mass is 530 g/mol.